The lowest BCUT2D eigenvalue weighted by molar-refractivity contribution is -0.123. The highest BCUT2D eigenvalue weighted by molar-refractivity contribution is 5.97. The Balaban J connectivity index is 1.41. The minimum absolute atomic E-state index is 0.00757. The summed E-state index contributed by atoms with van der Waals surface area (Å²) in [5, 5.41) is 2.81. The van der Waals surface area contributed by atoms with E-state index in [0.29, 0.717) is 17.0 Å². The Morgan fingerprint density at radius 2 is 1.61 bits per heavy atom. The Bertz CT molecular complexity index is 932. The first kappa shape index (κ1) is 22.3. The maximum absolute atomic E-state index is 12.2. The van der Waals surface area contributed by atoms with E-state index in [9.17, 15) is 14.4 Å². The maximum atomic E-state index is 12.2. The van der Waals surface area contributed by atoms with E-state index in [1.807, 2.05) is 24.3 Å². The number of amides is 3. The number of carbonyl (C=O) groups is 3. The van der Waals surface area contributed by atoms with Gasteiger partial charge in [0.25, 0.3) is 11.8 Å². The van der Waals surface area contributed by atoms with Crippen LogP contribution in [0.15, 0.2) is 48.5 Å². The van der Waals surface area contributed by atoms with Gasteiger partial charge in [-0.25, -0.2) is 0 Å². The molecule has 1 aliphatic rings. The second-order valence-electron chi connectivity index (χ2n) is 8.39. The first-order valence-electron chi connectivity index (χ1n) is 10.5. The van der Waals surface area contributed by atoms with Crippen molar-refractivity contribution in [2.75, 3.05) is 11.9 Å². The van der Waals surface area contributed by atoms with E-state index >= 15 is 0 Å². The van der Waals surface area contributed by atoms with Crippen LogP contribution in [-0.4, -0.2) is 24.3 Å². The van der Waals surface area contributed by atoms with Gasteiger partial charge in [-0.15, -0.1) is 0 Å². The van der Waals surface area contributed by atoms with Crippen molar-refractivity contribution in [3.63, 3.8) is 0 Å². The molecule has 1 saturated carbocycles. The molecule has 2 aromatic carbocycles. The molecule has 0 heterocycles. The zero-order chi connectivity index (χ0) is 22.4. The fraction of sp³-hybridized carbons (Fsp3) is 0.375. The van der Waals surface area contributed by atoms with Crippen molar-refractivity contribution in [2.45, 2.75) is 45.4 Å². The standard InChI is InChI=1S/C24H29N3O4/c1-4-24(2,3)18-9-13-20(14-10-18)31-15-21(28)26-27-23(30)17-7-11-19(12-8-17)25-22(29)16-5-6-16/h7-14,16H,4-6,15H2,1-3H3,(H,25,29)(H,26,28)(H,27,30). The third-order valence-electron chi connectivity index (χ3n) is 5.57. The molecular formula is C24H29N3O4. The van der Waals surface area contributed by atoms with Crippen LogP contribution in [0.1, 0.15) is 56.0 Å². The number of hydrogen-bond donors (Lipinski definition) is 3. The van der Waals surface area contributed by atoms with Gasteiger partial charge in [-0.2, -0.15) is 0 Å². The highest BCUT2D eigenvalue weighted by Gasteiger charge is 2.29. The third-order valence-corrected chi connectivity index (χ3v) is 5.57. The van der Waals surface area contributed by atoms with Gasteiger partial charge in [-0.3, -0.25) is 25.2 Å². The van der Waals surface area contributed by atoms with Crippen molar-refractivity contribution in [1.82, 2.24) is 10.9 Å². The van der Waals surface area contributed by atoms with Gasteiger partial charge < -0.3 is 10.1 Å². The number of carbonyl (C=O) groups excluding carboxylic acids is 3. The lowest BCUT2D eigenvalue weighted by Gasteiger charge is -2.23. The predicted molar refractivity (Wildman–Crippen MR) is 119 cm³/mol. The van der Waals surface area contributed by atoms with E-state index in [1.54, 1.807) is 24.3 Å². The third kappa shape index (κ3) is 6.31. The monoisotopic (exact) mass is 423 g/mol. The van der Waals surface area contributed by atoms with Crippen LogP contribution in [0.2, 0.25) is 0 Å². The van der Waals surface area contributed by atoms with Crippen molar-refractivity contribution in [3.05, 3.63) is 59.7 Å². The average molecular weight is 424 g/mol. The number of hydrogen-bond acceptors (Lipinski definition) is 4. The molecule has 0 aromatic heterocycles. The molecule has 164 valence electrons. The smallest absolute Gasteiger partial charge is 0.276 e. The van der Waals surface area contributed by atoms with E-state index in [-0.39, 0.29) is 23.8 Å². The molecule has 31 heavy (non-hydrogen) atoms. The minimum Gasteiger partial charge on any atom is -0.484 e. The lowest BCUT2D eigenvalue weighted by atomic mass is 9.82. The molecule has 0 radical (unpaired) electrons. The predicted octanol–water partition coefficient (Wildman–Crippen LogP) is 3.56. The molecule has 3 N–H and O–H groups in total. The van der Waals surface area contributed by atoms with Crippen LogP contribution in [0.3, 0.4) is 0 Å². The highest BCUT2D eigenvalue weighted by atomic mass is 16.5. The van der Waals surface area contributed by atoms with Crippen molar-refractivity contribution in [3.8, 4) is 5.75 Å². The first-order chi connectivity index (χ1) is 14.8. The number of hydrazine groups is 1. The first-order valence-corrected chi connectivity index (χ1v) is 10.5. The molecule has 3 rings (SSSR count). The summed E-state index contributed by atoms with van der Waals surface area (Å²) in [6, 6.07) is 14.1. The molecule has 1 aliphatic carbocycles. The van der Waals surface area contributed by atoms with Crippen LogP contribution in [0.25, 0.3) is 0 Å². The summed E-state index contributed by atoms with van der Waals surface area (Å²) < 4.78 is 5.48. The van der Waals surface area contributed by atoms with Gasteiger partial charge in [-0.05, 0) is 66.6 Å². The van der Waals surface area contributed by atoms with Crippen LogP contribution < -0.4 is 20.9 Å². The fourth-order valence-corrected chi connectivity index (χ4v) is 2.88. The number of ether oxygens (including phenoxy) is 1. The second kappa shape index (κ2) is 9.64. The Morgan fingerprint density at radius 3 is 2.19 bits per heavy atom. The van der Waals surface area contributed by atoms with Crippen molar-refractivity contribution < 1.29 is 19.1 Å². The summed E-state index contributed by atoms with van der Waals surface area (Å²) in [5.41, 5.74) is 6.98. The Kier molecular flexibility index (Phi) is 6.95. The summed E-state index contributed by atoms with van der Waals surface area (Å²) in [6.07, 6.45) is 2.88. The summed E-state index contributed by atoms with van der Waals surface area (Å²) >= 11 is 0. The van der Waals surface area contributed by atoms with Gasteiger partial charge >= 0.3 is 0 Å². The van der Waals surface area contributed by atoms with Gasteiger partial charge in [0, 0.05) is 17.2 Å². The molecular weight excluding hydrogens is 394 g/mol. The summed E-state index contributed by atoms with van der Waals surface area (Å²) in [4.78, 5) is 35.9. The molecule has 2 aromatic rings. The molecule has 3 amide bonds. The molecule has 0 bridgehead atoms. The van der Waals surface area contributed by atoms with Gasteiger partial charge in [0.1, 0.15) is 5.75 Å². The normalized spacial score (nSPS) is 13.3. The molecule has 0 unspecified atom stereocenters. The maximum Gasteiger partial charge on any atom is 0.276 e. The summed E-state index contributed by atoms with van der Waals surface area (Å²) in [6.45, 7) is 6.28. The van der Waals surface area contributed by atoms with E-state index in [4.69, 9.17) is 4.74 Å². The SMILES string of the molecule is CCC(C)(C)c1ccc(OCC(=O)NNC(=O)c2ccc(NC(=O)C3CC3)cc2)cc1. The van der Waals surface area contributed by atoms with E-state index in [2.05, 4.69) is 36.9 Å². The van der Waals surface area contributed by atoms with Gasteiger partial charge in [-0.1, -0.05) is 32.9 Å². The Labute approximate surface area is 182 Å². The van der Waals surface area contributed by atoms with Crippen LogP contribution in [-0.2, 0) is 15.0 Å². The zero-order valence-electron chi connectivity index (χ0n) is 18.2. The molecule has 0 saturated heterocycles. The minimum atomic E-state index is -0.473. The van der Waals surface area contributed by atoms with Crippen LogP contribution >= 0.6 is 0 Å². The lowest BCUT2D eigenvalue weighted by Crippen LogP contribution is -2.43. The van der Waals surface area contributed by atoms with Gasteiger partial charge in [0.2, 0.25) is 5.91 Å². The number of anilines is 1. The Hall–Kier alpha value is -3.35. The second-order valence-corrected chi connectivity index (χ2v) is 8.39. The molecule has 0 atom stereocenters. The van der Waals surface area contributed by atoms with Crippen LogP contribution in [0, 0.1) is 5.92 Å². The summed E-state index contributed by atoms with van der Waals surface area (Å²) in [5.74, 6) is -0.227. The van der Waals surface area contributed by atoms with E-state index in [0.717, 1.165) is 19.3 Å². The zero-order valence-corrected chi connectivity index (χ0v) is 18.2. The number of rotatable bonds is 8. The topological polar surface area (TPSA) is 96.5 Å². The fourth-order valence-electron chi connectivity index (χ4n) is 2.88. The largest absolute Gasteiger partial charge is 0.484 e. The highest BCUT2D eigenvalue weighted by Crippen LogP contribution is 2.30. The quantitative estimate of drug-likeness (QED) is 0.566. The van der Waals surface area contributed by atoms with Crippen molar-refractivity contribution in [2.24, 2.45) is 5.92 Å². The summed E-state index contributed by atoms with van der Waals surface area (Å²) in [7, 11) is 0. The molecule has 7 heteroatoms. The van der Waals surface area contributed by atoms with E-state index in [1.165, 1.54) is 5.56 Å². The van der Waals surface area contributed by atoms with Gasteiger partial charge in [0.15, 0.2) is 6.61 Å². The molecule has 0 spiro atoms. The average Bonchev–Trinajstić information content (AvgIpc) is 3.62. The van der Waals surface area contributed by atoms with Crippen LogP contribution in [0.4, 0.5) is 5.69 Å². The van der Waals surface area contributed by atoms with E-state index < -0.39 is 11.8 Å². The van der Waals surface area contributed by atoms with Gasteiger partial charge in [0.05, 0.1) is 0 Å². The van der Waals surface area contributed by atoms with Crippen molar-refractivity contribution in [1.29, 1.82) is 0 Å². The number of nitrogens with one attached hydrogen (secondary N) is 3. The molecule has 0 aliphatic heterocycles. The number of benzene rings is 2. The molecule has 1 fully saturated rings. The van der Waals surface area contributed by atoms with Crippen molar-refractivity contribution >= 4 is 23.4 Å². The Morgan fingerprint density at radius 1 is 0.968 bits per heavy atom. The van der Waals surface area contributed by atoms with Crippen LogP contribution in [0.5, 0.6) is 5.75 Å². The molecule has 7 nitrogen and oxygen atoms in total.